The number of nitrogens with one attached hydrogen (secondary N) is 1. The smallest absolute Gasteiger partial charge is 0.0452 e. The van der Waals surface area contributed by atoms with Crippen LogP contribution in [-0.4, -0.2) is 55.1 Å². The number of nitrogens with zero attached hydrogens (tertiary/aromatic N) is 2. The third-order valence-electron chi connectivity index (χ3n) is 5.28. The van der Waals surface area contributed by atoms with E-state index in [1.54, 1.807) is 5.56 Å². The molecule has 3 heteroatoms. The van der Waals surface area contributed by atoms with Crippen molar-refractivity contribution in [2.24, 2.45) is 0 Å². The molecule has 1 fully saturated rings. The summed E-state index contributed by atoms with van der Waals surface area (Å²) in [5.74, 6) is 0. The van der Waals surface area contributed by atoms with Crippen molar-refractivity contribution in [1.29, 1.82) is 0 Å². The van der Waals surface area contributed by atoms with Gasteiger partial charge in [0, 0.05) is 44.8 Å². The lowest BCUT2D eigenvalue weighted by Gasteiger charge is -2.40. The van der Waals surface area contributed by atoms with Gasteiger partial charge in [0.15, 0.2) is 0 Å². The van der Waals surface area contributed by atoms with Crippen molar-refractivity contribution >= 4 is 0 Å². The molecule has 1 saturated heterocycles. The lowest BCUT2D eigenvalue weighted by molar-refractivity contribution is 0.0933. The Morgan fingerprint density at radius 1 is 1.19 bits per heavy atom. The summed E-state index contributed by atoms with van der Waals surface area (Å²) in [4.78, 5) is 5.28. The second kappa shape index (κ2) is 6.91. The maximum Gasteiger partial charge on any atom is 0.0452 e. The standard InChI is InChI=1S/C18H29N3/c1-3-15(2)21-12-10-20(11-13-21)14-18-17-7-5-4-6-16(17)8-9-19-18/h4-7,15,18-19H,3,8-14H2,1-2H3. The number of rotatable bonds is 4. The normalized spacial score (nSPS) is 25.5. The molecule has 0 spiro atoms. The molecular weight excluding hydrogens is 258 g/mol. The number of hydrogen-bond acceptors (Lipinski definition) is 3. The Kier molecular flexibility index (Phi) is 4.94. The van der Waals surface area contributed by atoms with Gasteiger partial charge in [-0.2, -0.15) is 0 Å². The Balaban J connectivity index is 1.57. The first kappa shape index (κ1) is 15.0. The van der Waals surface area contributed by atoms with E-state index in [9.17, 15) is 0 Å². The first-order valence-corrected chi connectivity index (χ1v) is 8.55. The predicted molar refractivity (Wildman–Crippen MR) is 88.7 cm³/mol. The van der Waals surface area contributed by atoms with Gasteiger partial charge in [-0.25, -0.2) is 0 Å². The van der Waals surface area contributed by atoms with Crippen LogP contribution in [0.15, 0.2) is 24.3 Å². The molecule has 3 nitrogen and oxygen atoms in total. The van der Waals surface area contributed by atoms with Crippen molar-refractivity contribution in [3.05, 3.63) is 35.4 Å². The third kappa shape index (κ3) is 3.47. The average molecular weight is 287 g/mol. The second-order valence-corrected chi connectivity index (χ2v) is 6.55. The Bertz CT molecular complexity index is 452. The third-order valence-corrected chi connectivity index (χ3v) is 5.28. The molecule has 1 aromatic rings. The number of piperazine rings is 1. The molecule has 21 heavy (non-hydrogen) atoms. The summed E-state index contributed by atoms with van der Waals surface area (Å²) in [7, 11) is 0. The summed E-state index contributed by atoms with van der Waals surface area (Å²) in [6.45, 7) is 11.8. The van der Waals surface area contributed by atoms with Crippen LogP contribution in [0.2, 0.25) is 0 Å². The van der Waals surface area contributed by atoms with E-state index in [0.29, 0.717) is 6.04 Å². The van der Waals surface area contributed by atoms with E-state index in [0.717, 1.165) is 19.1 Å². The minimum absolute atomic E-state index is 0.519. The van der Waals surface area contributed by atoms with E-state index < -0.39 is 0 Å². The Hall–Kier alpha value is -0.900. The van der Waals surface area contributed by atoms with Crippen LogP contribution in [0.3, 0.4) is 0 Å². The van der Waals surface area contributed by atoms with Gasteiger partial charge in [0.1, 0.15) is 0 Å². The molecule has 0 aromatic heterocycles. The zero-order chi connectivity index (χ0) is 14.7. The highest BCUT2D eigenvalue weighted by atomic mass is 15.3. The van der Waals surface area contributed by atoms with Crippen LogP contribution >= 0.6 is 0 Å². The molecule has 0 saturated carbocycles. The maximum absolute atomic E-state index is 3.71. The van der Waals surface area contributed by atoms with Crippen LogP contribution in [0.4, 0.5) is 0 Å². The quantitative estimate of drug-likeness (QED) is 0.916. The molecule has 2 aliphatic heterocycles. The lowest BCUT2D eigenvalue weighted by atomic mass is 9.94. The van der Waals surface area contributed by atoms with Crippen molar-refractivity contribution in [3.63, 3.8) is 0 Å². The maximum atomic E-state index is 3.71. The molecule has 3 rings (SSSR count). The van der Waals surface area contributed by atoms with Gasteiger partial charge in [-0.1, -0.05) is 31.2 Å². The minimum atomic E-state index is 0.519. The molecule has 1 aromatic carbocycles. The van der Waals surface area contributed by atoms with Crippen molar-refractivity contribution < 1.29 is 0 Å². The van der Waals surface area contributed by atoms with Gasteiger partial charge in [0.25, 0.3) is 0 Å². The highest BCUT2D eigenvalue weighted by Crippen LogP contribution is 2.24. The topological polar surface area (TPSA) is 18.5 Å². The molecule has 2 heterocycles. The van der Waals surface area contributed by atoms with E-state index in [1.807, 2.05) is 0 Å². The summed E-state index contributed by atoms with van der Waals surface area (Å²) in [5, 5.41) is 3.71. The summed E-state index contributed by atoms with van der Waals surface area (Å²) >= 11 is 0. The van der Waals surface area contributed by atoms with Crippen LogP contribution < -0.4 is 5.32 Å². The fraction of sp³-hybridized carbons (Fsp3) is 0.667. The van der Waals surface area contributed by atoms with E-state index in [4.69, 9.17) is 0 Å². The van der Waals surface area contributed by atoms with Crippen molar-refractivity contribution in [1.82, 2.24) is 15.1 Å². The first-order valence-electron chi connectivity index (χ1n) is 8.55. The number of fused-ring (bicyclic) bond motifs is 1. The van der Waals surface area contributed by atoms with Crippen molar-refractivity contribution in [2.45, 2.75) is 38.8 Å². The van der Waals surface area contributed by atoms with E-state index in [1.165, 1.54) is 44.6 Å². The molecule has 0 radical (unpaired) electrons. The number of benzene rings is 1. The predicted octanol–water partition coefficient (Wildman–Crippen LogP) is 2.29. The Morgan fingerprint density at radius 3 is 2.71 bits per heavy atom. The van der Waals surface area contributed by atoms with Crippen LogP contribution in [0.5, 0.6) is 0 Å². The molecule has 116 valence electrons. The van der Waals surface area contributed by atoms with E-state index >= 15 is 0 Å². The molecule has 0 amide bonds. The molecule has 2 aliphatic rings. The number of hydrogen-bond donors (Lipinski definition) is 1. The molecule has 1 N–H and O–H groups in total. The molecular formula is C18H29N3. The van der Waals surface area contributed by atoms with Gasteiger partial charge in [-0.05, 0) is 37.4 Å². The van der Waals surface area contributed by atoms with Crippen LogP contribution in [0.1, 0.15) is 37.4 Å². The van der Waals surface area contributed by atoms with Crippen molar-refractivity contribution in [2.75, 3.05) is 39.3 Å². The SMILES string of the molecule is CCC(C)N1CCN(CC2NCCc3ccccc32)CC1. The highest BCUT2D eigenvalue weighted by molar-refractivity contribution is 5.32. The summed E-state index contributed by atoms with van der Waals surface area (Å²) in [6, 6.07) is 10.2. The van der Waals surface area contributed by atoms with Gasteiger partial charge in [-0.15, -0.1) is 0 Å². The molecule has 0 bridgehead atoms. The minimum Gasteiger partial charge on any atom is -0.309 e. The fourth-order valence-corrected chi connectivity index (χ4v) is 3.66. The van der Waals surface area contributed by atoms with Gasteiger partial charge < -0.3 is 5.32 Å². The van der Waals surface area contributed by atoms with Crippen LogP contribution in [0.25, 0.3) is 0 Å². The summed E-state index contributed by atoms with van der Waals surface area (Å²) in [6.07, 6.45) is 2.44. The van der Waals surface area contributed by atoms with Crippen LogP contribution in [-0.2, 0) is 6.42 Å². The van der Waals surface area contributed by atoms with E-state index in [2.05, 4.69) is 53.2 Å². The average Bonchev–Trinajstić information content (AvgIpc) is 2.55. The summed E-state index contributed by atoms with van der Waals surface area (Å²) < 4.78 is 0. The highest BCUT2D eigenvalue weighted by Gasteiger charge is 2.25. The molecule has 2 unspecified atom stereocenters. The van der Waals surface area contributed by atoms with Gasteiger partial charge in [0.05, 0.1) is 0 Å². The summed E-state index contributed by atoms with van der Waals surface area (Å²) in [5.41, 5.74) is 3.06. The largest absolute Gasteiger partial charge is 0.309 e. The van der Waals surface area contributed by atoms with Crippen LogP contribution in [0, 0.1) is 0 Å². The van der Waals surface area contributed by atoms with E-state index in [-0.39, 0.29) is 0 Å². The zero-order valence-corrected chi connectivity index (χ0v) is 13.5. The van der Waals surface area contributed by atoms with Gasteiger partial charge in [-0.3, -0.25) is 9.80 Å². The lowest BCUT2D eigenvalue weighted by Crippen LogP contribution is -2.51. The first-order chi connectivity index (χ1) is 10.3. The fourth-order valence-electron chi connectivity index (χ4n) is 3.66. The second-order valence-electron chi connectivity index (χ2n) is 6.55. The van der Waals surface area contributed by atoms with Gasteiger partial charge in [0.2, 0.25) is 0 Å². The zero-order valence-electron chi connectivity index (χ0n) is 13.5. The molecule has 0 aliphatic carbocycles. The molecule has 2 atom stereocenters. The Labute approximate surface area is 129 Å². The monoisotopic (exact) mass is 287 g/mol. The Morgan fingerprint density at radius 2 is 1.95 bits per heavy atom. The van der Waals surface area contributed by atoms with Crippen molar-refractivity contribution in [3.8, 4) is 0 Å². The van der Waals surface area contributed by atoms with Gasteiger partial charge >= 0.3 is 0 Å².